The van der Waals surface area contributed by atoms with Gasteiger partial charge in [-0.15, -0.1) is 0 Å². The molecule has 5 heteroatoms. The van der Waals surface area contributed by atoms with E-state index in [0.717, 1.165) is 6.42 Å². The van der Waals surface area contributed by atoms with Crippen molar-refractivity contribution in [1.82, 2.24) is 10.1 Å². The van der Waals surface area contributed by atoms with Crippen LogP contribution in [0, 0.1) is 0 Å². The predicted molar refractivity (Wildman–Crippen MR) is 67.3 cm³/mol. The molecule has 0 amide bonds. The van der Waals surface area contributed by atoms with Gasteiger partial charge in [-0.05, 0) is 27.2 Å². The van der Waals surface area contributed by atoms with E-state index in [-0.39, 0.29) is 11.7 Å². The molecule has 0 saturated heterocycles. The van der Waals surface area contributed by atoms with Gasteiger partial charge in [0.25, 0.3) is 0 Å². The summed E-state index contributed by atoms with van der Waals surface area (Å²) in [4.78, 5) is 15.9. The Morgan fingerprint density at radius 1 is 1.44 bits per heavy atom. The van der Waals surface area contributed by atoms with E-state index in [1.165, 1.54) is 0 Å². The van der Waals surface area contributed by atoms with Gasteiger partial charge in [-0.2, -0.15) is 4.98 Å². The SMILES string of the molecule is CCOC(C)(CC)c1noc(C(C)C(=O)CC)n1. The van der Waals surface area contributed by atoms with Crippen LogP contribution < -0.4 is 0 Å². The zero-order valence-electron chi connectivity index (χ0n) is 11.8. The summed E-state index contributed by atoms with van der Waals surface area (Å²) in [6.07, 6.45) is 1.21. The highest BCUT2D eigenvalue weighted by Crippen LogP contribution is 2.28. The number of aromatic nitrogens is 2. The minimum atomic E-state index is -0.550. The summed E-state index contributed by atoms with van der Waals surface area (Å²) in [6.45, 7) is 10.1. The molecule has 2 atom stereocenters. The van der Waals surface area contributed by atoms with Crippen molar-refractivity contribution in [2.45, 2.75) is 59.0 Å². The fourth-order valence-electron chi connectivity index (χ4n) is 1.71. The molecule has 0 radical (unpaired) electrons. The van der Waals surface area contributed by atoms with Crippen LogP contribution in [0.25, 0.3) is 0 Å². The molecule has 0 aliphatic carbocycles. The Kier molecular flexibility index (Phi) is 5.02. The lowest BCUT2D eigenvalue weighted by atomic mass is 10.0. The first-order valence-corrected chi connectivity index (χ1v) is 6.49. The van der Waals surface area contributed by atoms with Crippen LogP contribution in [0.1, 0.15) is 65.1 Å². The van der Waals surface area contributed by atoms with Gasteiger partial charge in [-0.3, -0.25) is 4.79 Å². The van der Waals surface area contributed by atoms with Crippen LogP contribution in [0.5, 0.6) is 0 Å². The Morgan fingerprint density at radius 3 is 2.61 bits per heavy atom. The molecule has 1 aromatic heterocycles. The molecule has 18 heavy (non-hydrogen) atoms. The Labute approximate surface area is 108 Å². The molecule has 0 aromatic carbocycles. The average molecular weight is 254 g/mol. The second-order valence-corrected chi connectivity index (χ2v) is 4.52. The third kappa shape index (κ3) is 2.96. The summed E-state index contributed by atoms with van der Waals surface area (Å²) in [5.74, 6) is 0.632. The van der Waals surface area contributed by atoms with Gasteiger partial charge in [-0.1, -0.05) is 19.0 Å². The largest absolute Gasteiger partial charge is 0.367 e. The van der Waals surface area contributed by atoms with Crippen molar-refractivity contribution in [3.05, 3.63) is 11.7 Å². The summed E-state index contributed by atoms with van der Waals surface area (Å²) >= 11 is 0. The minimum absolute atomic E-state index is 0.0970. The maximum Gasteiger partial charge on any atom is 0.237 e. The Bertz CT molecular complexity index is 403. The molecule has 0 spiro atoms. The van der Waals surface area contributed by atoms with Gasteiger partial charge in [0.05, 0.1) is 5.92 Å². The zero-order chi connectivity index (χ0) is 13.8. The van der Waals surface area contributed by atoms with Gasteiger partial charge in [0.1, 0.15) is 11.4 Å². The van der Waals surface area contributed by atoms with Crippen molar-refractivity contribution in [3.63, 3.8) is 0 Å². The van der Waals surface area contributed by atoms with E-state index in [0.29, 0.717) is 24.7 Å². The van der Waals surface area contributed by atoms with E-state index < -0.39 is 5.60 Å². The summed E-state index contributed by atoms with van der Waals surface area (Å²) in [5, 5.41) is 3.95. The predicted octanol–water partition coefficient (Wildman–Crippen LogP) is 2.81. The first-order chi connectivity index (χ1) is 8.48. The van der Waals surface area contributed by atoms with Gasteiger partial charge in [-0.25, -0.2) is 0 Å². The highest BCUT2D eigenvalue weighted by molar-refractivity contribution is 5.83. The second kappa shape index (κ2) is 6.09. The van der Waals surface area contributed by atoms with Crippen LogP contribution in [0.3, 0.4) is 0 Å². The topological polar surface area (TPSA) is 65.2 Å². The minimum Gasteiger partial charge on any atom is -0.367 e. The van der Waals surface area contributed by atoms with E-state index in [1.54, 1.807) is 6.92 Å². The number of carbonyl (C=O) groups excluding carboxylic acids is 1. The second-order valence-electron chi connectivity index (χ2n) is 4.52. The number of nitrogens with zero attached hydrogens (tertiary/aromatic N) is 2. The van der Waals surface area contributed by atoms with Gasteiger partial charge >= 0.3 is 0 Å². The fourth-order valence-corrected chi connectivity index (χ4v) is 1.71. The Balaban J connectivity index is 2.94. The van der Waals surface area contributed by atoms with E-state index in [2.05, 4.69) is 10.1 Å². The van der Waals surface area contributed by atoms with Crippen molar-refractivity contribution in [2.24, 2.45) is 0 Å². The normalized spacial score (nSPS) is 16.3. The Morgan fingerprint density at radius 2 is 2.11 bits per heavy atom. The third-order valence-corrected chi connectivity index (χ3v) is 3.25. The molecule has 1 rings (SSSR count). The quantitative estimate of drug-likeness (QED) is 0.748. The van der Waals surface area contributed by atoms with E-state index in [4.69, 9.17) is 9.26 Å². The lowest BCUT2D eigenvalue weighted by molar-refractivity contribution is -0.120. The summed E-state index contributed by atoms with van der Waals surface area (Å²) < 4.78 is 10.9. The molecule has 1 heterocycles. The van der Waals surface area contributed by atoms with Crippen molar-refractivity contribution in [2.75, 3.05) is 6.61 Å². The van der Waals surface area contributed by atoms with Crippen molar-refractivity contribution in [3.8, 4) is 0 Å². The highest BCUT2D eigenvalue weighted by Gasteiger charge is 2.32. The summed E-state index contributed by atoms with van der Waals surface area (Å²) in [7, 11) is 0. The van der Waals surface area contributed by atoms with Crippen LogP contribution in [0.15, 0.2) is 4.52 Å². The van der Waals surface area contributed by atoms with E-state index in [9.17, 15) is 4.79 Å². The van der Waals surface area contributed by atoms with Crippen LogP contribution in [0.4, 0.5) is 0 Å². The standard InChI is InChI=1S/C13H22N2O3/c1-6-10(16)9(4)11-14-12(15-18-11)13(5,7-2)17-8-3/h9H,6-8H2,1-5H3. The first-order valence-electron chi connectivity index (χ1n) is 6.49. The number of ether oxygens (including phenoxy) is 1. The summed E-state index contributed by atoms with van der Waals surface area (Å²) in [6, 6.07) is 0. The fraction of sp³-hybridized carbons (Fsp3) is 0.769. The molecule has 0 aliphatic rings. The number of hydrogen-bond donors (Lipinski definition) is 0. The van der Waals surface area contributed by atoms with Crippen LogP contribution in [0.2, 0.25) is 0 Å². The average Bonchev–Trinajstić information content (AvgIpc) is 2.87. The zero-order valence-corrected chi connectivity index (χ0v) is 11.8. The van der Waals surface area contributed by atoms with Crippen LogP contribution in [-0.4, -0.2) is 22.5 Å². The van der Waals surface area contributed by atoms with Crippen molar-refractivity contribution < 1.29 is 14.1 Å². The molecule has 1 aromatic rings. The van der Waals surface area contributed by atoms with Gasteiger partial charge in [0.15, 0.2) is 0 Å². The van der Waals surface area contributed by atoms with E-state index in [1.807, 2.05) is 27.7 Å². The highest BCUT2D eigenvalue weighted by atomic mass is 16.5. The number of rotatable bonds is 7. The number of ketones is 1. The molecule has 5 nitrogen and oxygen atoms in total. The lowest BCUT2D eigenvalue weighted by Gasteiger charge is -2.23. The van der Waals surface area contributed by atoms with Crippen LogP contribution >= 0.6 is 0 Å². The molecule has 0 aliphatic heterocycles. The number of Topliss-reactive ketones (excluding diaryl/α,β-unsaturated/α-hetero) is 1. The molecule has 0 saturated carbocycles. The first kappa shape index (κ1) is 14.8. The molecular formula is C13H22N2O3. The lowest BCUT2D eigenvalue weighted by Crippen LogP contribution is -2.26. The number of carbonyl (C=O) groups is 1. The maximum atomic E-state index is 11.6. The summed E-state index contributed by atoms with van der Waals surface area (Å²) in [5.41, 5.74) is -0.550. The molecule has 0 N–H and O–H groups in total. The third-order valence-electron chi connectivity index (χ3n) is 3.25. The molecule has 2 unspecified atom stereocenters. The van der Waals surface area contributed by atoms with Crippen LogP contribution in [-0.2, 0) is 15.1 Å². The van der Waals surface area contributed by atoms with E-state index >= 15 is 0 Å². The molecular weight excluding hydrogens is 232 g/mol. The molecule has 0 fully saturated rings. The maximum absolute atomic E-state index is 11.6. The van der Waals surface area contributed by atoms with Crippen molar-refractivity contribution in [1.29, 1.82) is 0 Å². The van der Waals surface area contributed by atoms with Gasteiger partial charge < -0.3 is 9.26 Å². The smallest absolute Gasteiger partial charge is 0.237 e. The number of hydrogen-bond acceptors (Lipinski definition) is 5. The van der Waals surface area contributed by atoms with Crippen molar-refractivity contribution >= 4 is 5.78 Å². The molecule has 102 valence electrons. The Hall–Kier alpha value is -1.23. The van der Waals surface area contributed by atoms with Gasteiger partial charge in [0, 0.05) is 13.0 Å². The van der Waals surface area contributed by atoms with Gasteiger partial charge in [0.2, 0.25) is 11.7 Å². The molecule has 0 bridgehead atoms. The monoisotopic (exact) mass is 254 g/mol.